The first-order valence-electron chi connectivity index (χ1n) is 3.52. The zero-order valence-electron chi connectivity index (χ0n) is 6.72. The molecule has 0 fully saturated rings. The average molecular weight is 177 g/mol. The molecule has 0 unspecified atom stereocenters. The van der Waals surface area contributed by atoms with Gasteiger partial charge in [0.15, 0.2) is 0 Å². The van der Waals surface area contributed by atoms with Gasteiger partial charge in [-0.15, -0.1) is 5.10 Å². The molecule has 13 heavy (non-hydrogen) atoms. The summed E-state index contributed by atoms with van der Waals surface area (Å²) in [4.78, 5) is 18.2. The van der Waals surface area contributed by atoms with E-state index in [1.165, 1.54) is 10.7 Å². The molecule has 0 aliphatic carbocycles. The summed E-state index contributed by atoms with van der Waals surface area (Å²) in [5.41, 5.74) is -0.0302. The number of fused-ring (bicyclic) bond motifs is 1. The van der Waals surface area contributed by atoms with Crippen LogP contribution in [0, 0.1) is 13.1 Å². The van der Waals surface area contributed by atoms with Crippen LogP contribution < -0.4 is 0 Å². The van der Waals surface area contributed by atoms with E-state index in [-0.39, 0.29) is 5.56 Å². The Kier molecular flexibility index (Phi) is 1.48. The van der Waals surface area contributed by atoms with Gasteiger partial charge >= 0.3 is 5.97 Å². The topological polar surface area (TPSA) is 80.4 Å². The van der Waals surface area contributed by atoms with Gasteiger partial charge in [0.2, 0.25) is 0 Å². The number of carboxylic acids is 1. The van der Waals surface area contributed by atoms with Crippen LogP contribution in [0.3, 0.4) is 0 Å². The minimum Gasteiger partial charge on any atom is -0.478 e. The summed E-state index contributed by atoms with van der Waals surface area (Å²) in [7, 11) is 0. The third-order valence-electron chi connectivity index (χ3n) is 1.46. The molecule has 1 radical (unpaired) electrons. The standard InChI is InChI=1S/C7H5N4O2/c1-4-9-7-8-2-5(6(12)13)3-11(7)10-4/h2H,1H3,(H,12,13). The Balaban J connectivity index is 2.67. The van der Waals surface area contributed by atoms with Crippen molar-refractivity contribution in [2.45, 2.75) is 6.92 Å². The first-order chi connectivity index (χ1) is 6.16. The Bertz CT molecular complexity index is 476. The first kappa shape index (κ1) is 7.66. The van der Waals surface area contributed by atoms with E-state index >= 15 is 0 Å². The maximum atomic E-state index is 10.5. The van der Waals surface area contributed by atoms with Crippen molar-refractivity contribution in [1.29, 1.82) is 0 Å². The maximum Gasteiger partial charge on any atom is 0.339 e. The summed E-state index contributed by atoms with van der Waals surface area (Å²) in [6.45, 7) is 1.70. The smallest absolute Gasteiger partial charge is 0.339 e. The van der Waals surface area contributed by atoms with Crippen molar-refractivity contribution in [1.82, 2.24) is 19.6 Å². The van der Waals surface area contributed by atoms with E-state index in [0.717, 1.165) is 0 Å². The van der Waals surface area contributed by atoms with Gasteiger partial charge in [-0.25, -0.2) is 9.78 Å². The van der Waals surface area contributed by atoms with Crippen molar-refractivity contribution >= 4 is 11.7 Å². The Morgan fingerprint density at radius 1 is 1.69 bits per heavy atom. The van der Waals surface area contributed by atoms with Crippen LogP contribution in [0.25, 0.3) is 5.78 Å². The molecule has 6 heteroatoms. The monoisotopic (exact) mass is 177 g/mol. The normalized spacial score (nSPS) is 10.5. The van der Waals surface area contributed by atoms with E-state index < -0.39 is 5.97 Å². The van der Waals surface area contributed by atoms with Gasteiger partial charge in [0.05, 0.1) is 0 Å². The summed E-state index contributed by atoms with van der Waals surface area (Å²) in [5.74, 6) is -0.198. The molecule has 0 spiro atoms. The number of aromatic nitrogens is 4. The number of hydrogen-bond acceptors (Lipinski definition) is 4. The van der Waals surface area contributed by atoms with E-state index in [4.69, 9.17) is 5.11 Å². The van der Waals surface area contributed by atoms with Crippen LogP contribution >= 0.6 is 0 Å². The molecule has 0 aliphatic heterocycles. The predicted octanol–water partition coefficient (Wildman–Crippen LogP) is -0.0689. The highest BCUT2D eigenvalue weighted by atomic mass is 16.4. The van der Waals surface area contributed by atoms with Crippen LogP contribution in [-0.2, 0) is 0 Å². The van der Waals surface area contributed by atoms with Crippen molar-refractivity contribution in [3.8, 4) is 0 Å². The predicted molar refractivity (Wildman–Crippen MR) is 41.3 cm³/mol. The van der Waals surface area contributed by atoms with Crippen molar-refractivity contribution in [3.05, 3.63) is 23.8 Å². The number of hydrogen-bond donors (Lipinski definition) is 1. The first-order valence-corrected chi connectivity index (χ1v) is 3.52. The fourth-order valence-electron chi connectivity index (χ4n) is 0.931. The van der Waals surface area contributed by atoms with Crippen molar-refractivity contribution in [3.63, 3.8) is 0 Å². The third-order valence-corrected chi connectivity index (χ3v) is 1.46. The number of aromatic carboxylic acids is 1. The zero-order chi connectivity index (χ0) is 9.42. The van der Waals surface area contributed by atoms with Gasteiger partial charge in [0, 0.05) is 6.20 Å². The third kappa shape index (κ3) is 1.22. The van der Waals surface area contributed by atoms with Crippen LogP contribution in [0.5, 0.6) is 0 Å². The summed E-state index contributed by atoms with van der Waals surface area (Å²) in [6, 6.07) is 0. The van der Waals surface area contributed by atoms with Crippen molar-refractivity contribution in [2.75, 3.05) is 0 Å². The van der Waals surface area contributed by atoms with Crippen molar-refractivity contribution < 1.29 is 9.90 Å². The molecule has 2 heterocycles. The van der Waals surface area contributed by atoms with E-state index in [1.807, 2.05) is 0 Å². The van der Waals surface area contributed by atoms with Crippen LogP contribution in [0.2, 0.25) is 0 Å². The van der Waals surface area contributed by atoms with E-state index in [2.05, 4.69) is 21.3 Å². The zero-order valence-corrected chi connectivity index (χ0v) is 6.72. The summed E-state index contributed by atoms with van der Waals surface area (Å²) in [5, 5.41) is 12.5. The van der Waals surface area contributed by atoms with Gasteiger partial charge < -0.3 is 5.11 Å². The van der Waals surface area contributed by atoms with Gasteiger partial charge in [-0.05, 0) is 6.92 Å². The van der Waals surface area contributed by atoms with Gasteiger partial charge in [0.1, 0.15) is 17.6 Å². The fraction of sp³-hybridized carbons (Fsp3) is 0.143. The van der Waals surface area contributed by atoms with Crippen molar-refractivity contribution in [2.24, 2.45) is 0 Å². The molecule has 65 valence electrons. The summed E-state index contributed by atoms with van der Waals surface area (Å²) in [6.07, 6.45) is 3.73. The highest BCUT2D eigenvalue weighted by Crippen LogP contribution is 1.99. The minimum absolute atomic E-state index is 0.0302. The molecule has 2 rings (SSSR count). The van der Waals surface area contributed by atoms with Gasteiger partial charge in [-0.3, -0.25) is 0 Å². The molecule has 0 atom stereocenters. The van der Waals surface area contributed by atoms with Gasteiger partial charge in [-0.1, -0.05) is 0 Å². The van der Waals surface area contributed by atoms with Crippen LogP contribution in [0.15, 0.2) is 6.20 Å². The fourth-order valence-corrected chi connectivity index (χ4v) is 0.931. The molecular formula is C7H5N4O2. The molecule has 0 aliphatic rings. The molecule has 0 saturated heterocycles. The average Bonchev–Trinajstić information content (AvgIpc) is 2.42. The summed E-state index contributed by atoms with van der Waals surface area (Å²) < 4.78 is 1.22. The van der Waals surface area contributed by atoms with Crippen LogP contribution in [0.4, 0.5) is 0 Å². The lowest BCUT2D eigenvalue weighted by atomic mass is 10.4. The van der Waals surface area contributed by atoms with Gasteiger partial charge in [0.25, 0.3) is 5.78 Å². The van der Waals surface area contributed by atoms with E-state index in [0.29, 0.717) is 11.6 Å². The summed E-state index contributed by atoms with van der Waals surface area (Å²) >= 11 is 0. The number of aryl methyl sites for hydroxylation is 1. The molecule has 6 nitrogen and oxygen atoms in total. The minimum atomic E-state index is -1.08. The molecule has 0 saturated carbocycles. The number of carbonyl (C=O) groups is 1. The Labute approximate surface area is 72.9 Å². The second kappa shape index (κ2) is 2.51. The Hall–Kier alpha value is -1.98. The van der Waals surface area contributed by atoms with E-state index in [9.17, 15) is 4.79 Å². The number of nitrogens with zero attached hydrogens (tertiary/aromatic N) is 4. The molecule has 1 N–H and O–H groups in total. The second-order valence-electron chi connectivity index (χ2n) is 2.46. The Morgan fingerprint density at radius 3 is 3.15 bits per heavy atom. The van der Waals surface area contributed by atoms with Crippen LogP contribution in [-0.4, -0.2) is 30.7 Å². The highest BCUT2D eigenvalue weighted by Gasteiger charge is 2.07. The molecule has 0 bridgehead atoms. The lowest BCUT2D eigenvalue weighted by Gasteiger charge is -1.91. The molecule has 2 aromatic rings. The maximum absolute atomic E-state index is 10.5. The molecular weight excluding hydrogens is 172 g/mol. The SMILES string of the molecule is Cc1nc2ncc(C(=O)O)[c]n2n1. The number of rotatable bonds is 1. The molecule has 0 amide bonds. The molecule has 0 aromatic carbocycles. The quantitative estimate of drug-likeness (QED) is 0.659. The van der Waals surface area contributed by atoms with E-state index in [1.54, 1.807) is 6.92 Å². The highest BCUT2D eigenvalue weighted by molar-refractivity contribution is 5.86. The Morgan fingerprint density at radius 2 is 2.46 bits per heavy atom. The molecule has 2 aromatic heterocycles. The van der Waals surface area contributed by atoms with Gasteiger partial charge in [-0.2, -0.15) is 9.50 Å². The number of carboxylic acid groups (broad SMARTS) is 1. The second-order valence-corrected chi connectivity index (χ2v) is 2.46. The van der Waals surface area contributed by atoms with Crippen LogP contribution in [0.1, 0.15) is 16.2 Å². The largest absolute Gasteiger partial charge is 0.478 e. The lowest BCUT2D eigenvalue weighted by molar-refractivity contribution is 0.0695. The lowest BCUT2D eigenvalue weighted by Crippen LogP contribution is -2.01.